The molecule has 0 radical (unpaired) electrons. The van der Waals surface area contributed by atoms with E-state index < -0.39 is 11.9 Å². The topological polar surface area (TPSA) is 69.6 Å². The van der Waals surface area contributed by atoms with Gasteiger partial charge in [-0.2, -0.15) is 0 Å². The van der Waals surface area contributed by atoms with Crippen LogP contribution in [-0.2, 0) is 4.79 Å². The van der Waals surface area contributed by atoms with E-state index in [9.17, 15) is 14.7 Å². The third-order valence-corrected chi connectivity index (χ3v) is 4.21. The van der Waals surface area contributed by atoms with Crippen LogP contribution in [-0.4, -0.2) is 29.7 Å². The zero-order chi connectivity index (χ0) is 14.3. The molecule has 3 rings (SSSR count). The molecule has 0 saturated heterocycles. The molecule has 5 heteroatoms. The Morgan fingerprint density at radius 1 is 1.35 bits per heavy atom. The zero-order valence-corrected chi connectivity index (χ0v) is 11.4. The zero-order valence-electron chi connectivity index (χ0n) is 11.4. The molecule has 0 aromatic heterocycles. The molecular weight excluding hydrogens is 256 g/mol. The number of fused-ring (bicyclic) bond motifs is 1. The van der Waals surface area contributed by atoms with E-state index in [0.717, 1.165) is 17.7 Å². The van der Waals surface area contributed by atoms with Crippen LogP contribution in [0.4, 0.5) is 10.5 Å². The van der Waals surface area contributed by atoms with Gasteiger partial charge in [-0.1, -0.05) is 25.1 Å². The van der Waals surface area contributed by atoms with Crippen molar-refractivity contribution in [2.24, 2.45) is 5.92 Å². The Bertz CT molecular complexity index is 558. The van der Waals surface area contributed by atoms with E-state index in [1.807, 2.05) is 18.2 Å². The third kappa shape index (κ3) is 2.24. The quantitative estimate of drug-likeness (QED) is 0.868. The highest BCUT2D eigenvalue weighted by Crippen LogP contribution is 2.36. The molecule has 2 amide bonds. The van der Waals surface area contributed by atoms with Crippen molar-refractivity contribution in [1.29, 1.82) is 0 Å². The molecular formula is C15H18N2O3. The number of benzene rings is 1. The average molecular weight is 274 g/mol. The van der Waals surface area contributed by atoms with Gasteiger partial charge in [0, 0.05) is 18.3 Å². The van der Waals surface area contributed by atoms with E-state index >= 15 is 0 Å². The molecule has 0 bridgehead atoms. The highest BCUT2D eigenvalue weighted by atomic mass is 16.4. The molecule has 3 atom stereocenters. The van der Waals surface area contributed by atoms with Gasteiger partial charge in [0.15, 0.2) is 0 Å². The van der Waals surface area contributed by atoms with E-state index in [-0.39, 0.29) is 12.1 Å². The van der Waals surface area contributed by atoms with Crippen molar-refractivity contribution < 1.29 is 14.7 Å². The smallest absolute Gasteiger partial charge is 0.322 e. The van der Waals surface area contributed by atoms with Crippen LogP contribution >= 0.6 is 0 Å². The van der Waals surface area contributed by atoms with Crippen molar-refractivity contribution in [3.05, 3.63) is 29.8 Å². The Hall–Kier alpha value is -2.04. The number of anilines is 1. The molecule has 3 unspecified atom stereocenters. The first-order chi connectivity index (χ1) is 9.58. The summed E-state index contributed by atoms with van der Waals surface area (Å²) in [6.45, 7) is 2.55. The number of urea groups is 1. The highest BCUT2D eigenvalue weighted by molar-refractivity contribution is 5.95. The van der Waals surface area contributed by atoms with Crippen molar-refractivity contribution in [2.75, 3.05) is 11.4 Å². The fourth-order valence-electron chi connectivity index (χ4n) is 2.79. The minimum Gasteiger partial charge on any atom is -0.481 e. The van der Waals surface area contributed by atoms with Crippen LogP contribution in [0.25, 0.3) is 0 Å². The number of rotatable bonds is 2. The van der Waals surface area contributed by atoms with Crippen LogP contribution in [0.5, 0.6) is 0 Å². The average Bonchev–Trinajstić information content (AvgIpc) is 3.12. The van der Waals surface area contributed by atoms with Gasteiger partial charge in [-0.05, 0) is 30.4 Å². The lowest BCUT2D eigenvalue weighted by Crippen LogP contribution is -2.45. The van der Waals surface area contributed by atoms with Crippen LogP contribution in [0, 0.1) is 5.92 Å². The molecule has 5 nitrogen and oxygen atoms in total. The molecule has 20 heavy (non-hydrogen) atoms. The molecule has 1 heterocycles. The van der Waals surface area contributed by atoms with E-state index in [4.69, 9.17) is 0 Å². The first kappa shape index (κ1) is 13.0. The maximum absolute atomic E-state index is 12.3. The number of nitrogens with zero attached hydrogens (tertiary/aromatic N) is 1. The summed E-state index contributed by atoms with van der Waals surface area (Å²) in [5.74, 6) is -0.797. The number of hydrogen-bond acceptors (Lipinski definition) is 2. The predicted octanol–water partition coefficient (Wildman–Crippen LogP) is 2.18. The molecule has 1 aromatic rings. The summed E-state index contributed by atoms with van der Waals surface area (Å²) in [6.07, 6.45) is 1.49. The van der Waals surface area contributed by atoms with Crippen LogP contribution in [0.3, 0.4) is 0 Å². The number of carbonyl (C=O) groups excluding carboxylic acids is 1. The normalized spacial score (nSPS) is 27.6. The summed E-state index contributed by atoms with van der Waals surface area (Å²) in [4.78, 5) is 25.3. The largest absolute Gasteiger partial charge is 0.481 e. The second-order valence-electron chi connectivity index (χ2n) is 5.66. The summed E-state index contributed by atoms with van der Waals surface area (Å²) in [5, 5.41) is 12.3. The second-order valence-corrected chi connectivity index (χ2v) is 5.66. The number of carboxylic acids is 1. The Morgan fingerprint density at radius 3 is 2.70 bits per heavy atom. The van der Waals surface area contributed by atoms with Crippen LogP contribution in [0.1, 0.15) is 31.2 Å². The van der Waals surface area contributed by atoms with Gasteiger partial charge in [-0.3, -0.25) is 9.69 Å². The van der Waals surface area contributed by atoms with Gasteiger partial charge in [0.1, 0.15) is 0 Å². The molecule has 106 valence electrons. The first-order valence-electron chi connectivity index (χ1n) is 6.97. The number of para-hydroxylation sites is 1. The Kier molecular flexibility index (Phi) is 3.12. The van der Waals surface area contributed by atoms with Gasteiger partial charge in [-0.15, -0.1) is 0 Å². The molecule has 1 fully saturated rings. The lowest BCUT2D eigenvalue weighted by atomic mass is 9.90. The fourth-order valence-corrected chi connectivity index (χ4v) is 2.79. The van der Waals surface area contributed by atoms with Gasteiger partial charge >= 0.3 is 12.0 Å². The second kappa shape index (κ2) is 4.81. The van der Waals surface area contributed by atoms with E-state index in [1.165, 1.54) is 0 Å². The van der Waals surface area contributed by atoms with Crippen molar-refractivity contribution in [3.63, 3.8) is 0 Å². The molecule has 1 aliphatic carbocycles. The standard InChI is InChI=1S/C15H18N2O3/c1-9-8-12(9)16-15(20)17-7-6-11(14(18)19)10-4-2-3-5-13(10)17/h2-5,9,11-12H,6-8H2,1H3,(H,16,20)(H,18,19). The lowest BCUT2D eigenvalue weighted by Gasteiger charge is -2.32. The summed E-state index contributed by atoms with van der Waals surface area (Å²) in [5.41, 5.74) is 1.45. The van der Waals surface area contributed by atoms with Crippen molar-refractivity contribution >= 4 is 17.7 Å². The highest BCUT2D eigenvalue weighted by Gasteiger charge is 2.37. The summed E-state index contributed by atoms with van der Waals surface area (Å²) in [7, 11) is 0. The number of hydrogen-bond donors (Lipinski definition) is 2. The third-order valence-electron chi connectivity index (χ3n) is 4.21. The molecule has 2 aliphatic rings. The van der Waals surface area contributed by atoms with Gasteiger partial charge in [-0.25, -0.2) is 4.79 Å². The van der Waals surface area contributed by atoms with E-state index in [1.54, 1.807) is 11.0 Å². The van der Waals surface area contributed by atoms with Gasteiger partial charge < -0.3 is 10.4 Å². The SMILES string of the molecule is CC1CC1NC(=O)N1CCC(C(=O)O)c2ccccc21. The van der Waals surface area contributed by atoms with E-state index in [2.05, 4.69) is 12.2 Å². The van der Waals surface area contributed by atoms with Crippen molar-refractivity contribution in [2.45, 2.75) is 31.7 Å². The monoisotopic (exact) mass is 274 g/mol. The molecule has 1 aliphatic heterocycles. The van der Waals surface area contributed by atoms with Gasteiger partial charge in [0.2, 0.25) is 0 Å². The number of nitrogens with one attached hydrogen (secondary N) is 1. The minimum absolute atomic E-state index is 0.115. The number of carboxylic acid groups (broad SMARTS) is 1. The van der Waals surface area contributed by atoms with Gasteiger partial charge in [0.05, 0.1) is 5.92 Å². The Balaban J connectivity index is 1.84. The van der Waals surface area contributed by atoms with Crippen LogP contribution in [0.2, 0.25) is 0 Å². The molecule has 1 saturated carbocycles. The fraction of sp³-hybridized carbons (Fsp3) is 0.467. The summed E-state index contributed by atoms with van der Waals surface area (Å²) >= 11 is 0. The lowest BCUT2D eigenvalue weighted by molar-refractivity contribution is -0.139. The number of aliphatic carboxylic acids is 1. The summed E-state index contributed by atoms with van der Waals surface area (Å²) in [6, 6.07) is 7.43. The minimum atomic E-state index is -0.826. The maximum atomic E-state index is 12.3. The predicted molar refractivity (Wildman–Crippen MR) is 74.9 cm³/mol. The molecule has 0 spiro atoms. The first-order valence-corrected chi connectivity index (χ1v) is 6.97. The molecule has 1 aromatic carbocycles. The van der Waals surface area contributed by atoms with Crippen molar-refractivity contribution in [3.8, 4) is 0 Å². The van der Waals surface area contributed by atoms with Crippen LogP contribution in [0.15, 0.2) is 24.3 Å². The molecule has 2 N–H and O–H groups in total. The van der Waals surface area contributed by atoms with Crippen molar-refractivity contribution in [1.82, 2.24) is 5.32 Å². The van der Waals surface area contributed by atoms with E-state index in [0.29, 0.717) is 18.9 Å². The number of carbonyl (C=O) groups is 2. The van der Waals surface area contributed by atoms with Gasteiger partial charge in [0.25, 0.3) is 0 Å². The number of amides is 2. The van der Waals surface area contributed by atoms with Crippen LogP contribution < -0.4 is 10.2 Å². The maximum Gasteiger partial charge on any atom is 0.322 e. The Morgan fingerprint density at radius 2 is 2.05 bits per heavy atom. The summed E-state index contributed by atoms with van der Waals surface area (Å²) < 4.78 is 0. The Labute approximate surface area is 117 Å².